The molecule has 0 radical (unpaired) electrons. The van der Waals surface area contributed by atoms with E-state index >= 15 is 0 Å². The van der Waals surface area contributed by atoms with Gasteiger partial charge in [-0.15, -0.1) is 11.3 Å². The highest BCUT2D eigenvalue weighted by molar-refractivity contribution is 7.12. The molecule has 0 saturated carbocycles. The Labute approximate surface area is 181 Å². The molecule has 0 spiro atoms. The van der Waals surface area contributed by atoms with Gasteiger partial charge in [0.05, 0.1) is 5.69 Å². The first-order valence-electron chi connectivity index (χ1n) is 9.18. The van der Waals surface area contributed by atoms with E-state index in [1.165, 1.54) is 11.3 Å². The van der Waals surface area contributed by atoms with Crippen molar-refractivity contribution in [1.29, 1.82) is 0 Å². The maximum Gasteiger partial charge on any atom is 0.256 e. The zero-order valence-corrected chi connectivity index (χ0v) is 17.1. The number of hydrogen-bond donors (Lipinski definition) is 0. The van der Waals surface area contributed by atoms with Crippen LogP contribution in [-0.2, 0) is 0 Å². The summed E-state index contributed by atoms with van der Waals surface area (Å²) in [7, 11) is 0. The summed E-state index contributed by atoms with van der Waals surface area (Å²) in [6, 6.07) is 24.1. The van der Waals surface area contributed by atoms with E-state index in [1.807, 2.05) is 60.0 Å². The number of nitrogens with zero attached hydrogens (tertiary/aromatic N) is 1. The molecular weight excluding hydrogens is 418 g/mol. The van der Waals surface area contributed by atoms with E-state index in [1.54, 1.807) is 24.3 Å². The van der Waals surface area contributed by atoms with Gasteiger partial charge >= 0.3 is 0 Å². The van der Waals surface area contributed by atoms with Gasteiger partial charge in [0.25, 0.3) is 5.78 Å². The van der Waals surface area contributed by atoms with Crippen LogP contribution < -0.4 is 4.74 Å². The first-order chi connectivity index (χ1) is 14.7. The van der Waals surface area contributed by atoms with Crippen LogP contribution in [-0.4, -0.2) is 10.8 Å². The van der Waals surface area contributed by atoms with Gasteiger partial charge in [-0.05, 0) is 60.7 Å². The van der Waals surface area contributed by atoms with Crippen LogP contribution in [0.5, 0.6) is 11.5 Å². The number of aromatic nitrogens is 1. The summed E-state index contributed by atoms with van der Waals surface area (Å²) in [6.45, 7) is 0. The van der Waals surface area contributed by atoms with Gasteiger partial charge in [0, 0.05) is 21.4 Å². The topological polar surface area (TPSA) is 52.3 Å². The molecule has 0 bridgehead atoms. The Balaban J connectivity index is 1.36. The largest absolute Gasteiger partial charge is 0.457 e. The number of ketones is 1. The monoisotopic (exact) mass is 431 g/mol. The van der Waals surface area contributed by atoms with Crippen molar-refractivity contribution >= 4 is 39.7 Å². The fourth-order valence-corrected chi connectivity index (χ4v) is 4.01. The Hall–Kier alpha value is -3.41. The van der Waals surface area contributed by atoms with Gasteiger partial charge in [-0.25, -0.2) is 4.98 Å². The highest BCUT2D eigenvalue weighted by atomic mass is 35.5. The molecule has 0 fully saturated rings. The van der Waals surface area contributed by atoms with Crippen LogP contribution in [0, 0.1) is 0 Å². The summed E-state index contributed by atoms with van der Waals surface area (Å²) in [5.74, 6) is 1.51. The van der Waals surface area contributed by atoms with Crippen LogP contribution in [0.1, 0.15) is 15.6 Å². The van der Waals surface area contributed by atoms with Crippen LogP contribution in [0.15, 0.2) is 88.7 Å². The van der Waals surface area contributed by atoms with Crippen molar-refractivity contribution in [2.24, 2.45) is 0 Å². The second-order valence-electron chi connectivity index (χ2n) is 6.60. The molecule has 6 heteroatoms. The average Bonchev–Trinajstić information content (AvgIpc) is 3.42. The lowest BCUT2D eigenvalue weighted by Crippen LogP contribution is -1.98. The number of para-hydroxylation sites is 1. The molecule has 0 N–H and O–H groups in total. The highest BCUT2D eigenvalue weighted by Crippen LogP contribution is 2.29. The molecule has 5 aromatic rings. The van der Waals surface area contributed by atoms with E-state index in [9.17, 15) is 4.79 Å². The first-order valence-corrected chi connectivity index (χ1v) is 10.4. The van der Waals surface area contributed by atoms with Crippen molar-refractivity contribution in [2.75, 3.05) is 0 Å². The minimum atomic E-state index is -0.248. The highest BCUT2D eigenvalue weighted by Gasteiger charge is 2.19. The molecule has 0 aliphatic heterocycles. The van der Waals surface area contributed by atoms with Crippen molar-refractivity contribution in [3.63, 3.8) is 0 Å². The Morgan fingerprint density at radius 1 is 0.933 bits per heavy atom. The lowest BCUT2D eigenvalue weighted by Gasteiger charge is -2.05. The van der Waals surface area contributed by atoms with Crippen LogP contribution in [0.25, 0.3) is 22.2 Å². The lowest BCUT2D eigenvalue weighted by molar-refractivity contribution is 0.101. The summed E-state index contributed by atoms with van der Waals surface area (Å²) in [6.07, 6.45) is 0. The Bertz CT molecular complexity index is 1340. The average molecular weight is 432 g/mol. The van der Waals surface area contributed by atoms with Gasteiger partial charge < -0.3 is 9.15 Å². The number of halogens is 1. The molecule has 2 heterocycles. The second kappa shape index (κ2) is 7.78. The van der Waals surface area contributed by atoms with Gasteiger partial charge in [0.1, 0.15) is 17.1 Å². The number of ether oxygens (including phenoxy) is 1. The van der Waals surface area contributed by atoms with E-state index in [-0.39, 0.29) is 11.5 Å². The zero-order valence-electron chi connectivity index (χ0n) is 15.5. The summed E-state index contributed by atoms with van der Waals surface area (Å²) < 4.78 is 11.5. The zero-order chi connectivity index (χ0) is 20.5. The van der Waals surface area contributed by atoms with E-state index in [4.69, 9.17) is 20.8 Å². The third kappa shape index (κ3) is 3.73. The van der Waals surface area contributed by atoms with Gasteiger partial charge in [-0.1, -0.05) is 29.8 Å². The molecule has 5 rings (SSSR count). The number of thiazole rings is 1. The van der Waals surface area contributed by atoms with Crippen molar-refractivity contribution in [3.8, 4) is 22.8 Å². The summed E-state index contributed by atoms with van der Waals surface area (Å²) in [5, 5.41) is 3.62. The van der Waals surface area contributed by atoms with Crippen molar-refractivity contribution < 1.29 is 13.9 Å². The number of furan rings is 1. The molecule has 2 aromatic heterocycles. The quantitative estimate of drug-likeness (QED) is 0.275. The SMILES string of the molecule is O=C(c1cc2cc(Cl)ccc2o1)c1nc(-c2ccc(Oc3ccccc3)cc2)cs1. The van der Waals surface area contributed by atoms with Gasteiger partial charge in [0.15, 0.2) is 10.8 Å². The van der Waals surface area contributed by atoms with Crippen molar-refractivity contribution in [2.45, 2.75) is 0 Å². The molecule has 0 saturated heterocycles. The number of hydrogen-bond acceptors (Lipinski definition) is 5. The fraction of sp³-hybridized carbons (Fsp3) is 0. The van der Waals surface area contributed by atoms with Crippen LogP contribution in [0.3, 0.4) is 0 Å². The molecule has 4 nitrogen and oxygen atoms in total. The predicted octanol–water partition coefficient (Wildman–Crippen LogP) is 7.23. The molecule has 0 unspecified atom stereocenters. The number of benzene rings is 3. The lowest BCUT2D eigenvalue weighted by atomic mass is 10.1. The van der Waals surface area contributed by atoms with E-state index in [0.29, 0.717) is 15.6 Å². The Morgan fingerprint density at radius 3 is 2.50 bits per heavy atom. The Morgan fingerprint density at radius 2 is 1.70 bits per heavy atom. The van der Waals surface area contributed by atoms with Gasteiger partial charge in [0.2, 0.25) is 0 Å². The minimum Gasteiger partial charge on any atom is -0.457 e. The number of carbonyl (C=O) groups excluding carboxylic acids is 1. The minimum absolute atomic E-state index is 0.248. The molecule has 0 aliphatic rings. The van der Waals surface area contributed by atoms with Crippen LogP contribution >= 0.6 is 22.9 Å². The van der Waals surface area contributed by atoms with Crippen LogP contribution in [0.2, 0.25) is 5.02 Å². The van der Waals surface area contributed by atoms with Gasteiger partial charge in [-0.3, -0.25) is 4.79 Å². The number of carbonyl (C=O) groups is 1. The number of rotatable bonds is 5. The summed E-state index contributed by atoms with van der Waals surface area (Å²) in [5.41, 5.74) is 2.25. The molecule has 0 amide bonds. The smallest absolute Gasteiger partial charge is 0.256 e. The molecular formula is C24H14ClNO3S. The Kier molecular flexibility index (Phi) is 4.83. The standard InChI is InChI=1S/C24H14ClNO3S/c25-17-8-11-21-16(12-17)13-22(29-21)23(27)24-26-20(14-30-24)15-6-9-19(10-7-15)28-18-4-2-1-3-5-18/h1-14H. The van der Waals surface area contributed by atoms with E-state index < -0.39 is 0 Å². The van der Waals surface area contributed by atoms with Crippen molar-refractivity contribution in [1.82, 2.24) is 4.98 Å². The van der Waals surface area contributed by atoms with Gasteiger partial charge in [-0.2, -0.15) is 0 Å². The van der Waals surface area contributed by atoms with Crippen molar-refractivity contribution in [3.05, 3.63) is 100 Å². The molecule has 30 heavy (non-hydrogen) atoms. The van der Waals surface area contributed by atoms with Crippen LogP contribution in [0.4, 0.5) is 0 Å². The third-order valence-electron chi connectivity index (χ3n) is 4.53. The second-order valence-corrected chi connectivity index (χ2v) is 7.89. The molecule has 146 valence electrons. The fourth-order valence-electron chi connectivity index (χ4n) is 3.06. The van der Waals surface area contributed by atoms with E-state index in [2.05, 4.69) is 4.98 Å². The van der Waals surface area contributed by atoms with E-state index in [0.717, 1.165) is 28.1 Å². The molecule has 0 atom stereocenters. The maximum atomic E-state index is 12.8. The molecule has 0 aliphatic carbocycles. The molecule has 3 aromatic carbocycles. The summed E-state index contributed by atoms with van der Waals surface area (Å²) >= 11 is 7.30. The number of fused-ring (bicyclic) bond motifs is 1. The normalized spacial score (nSPS) is 11.0. The predicted molar refractivity (Wildman–Crippen MR) is 119 cm³/mol. The first kappa shape index (κ1) is 18.6. The summed E-state index contributed by atoms with van der Waals surface area (Å²) in [4.78, 5) is 17.3. The third-order valence-corrected chi connectivity index (χ3v) is 5.61. The maximum absolute atomic E-state index is 12.8.